The molecule has 0 fully saturated rings. The highest BCUT2D eigenvalue weighted by atomic mass is 16.5. The molecule has 1 heterocycles. The van der Waals surface area contributed by atoms with Crippen LogP contribution in [0.25, 0.3) is 0 Å². The van der Waals surface area contributed by atoms with Crippen LogP contribution in [-0.2, 0) is 65.7 Å². The van der Waals surface area contributed by atoms with Crippen LogP contribution in [0.2, 0.25) is 0 Å². The molecule has 0 amide bonds. The largest absolute Gasteiger partial charge is 0.493 e. The fourth-order valence-electron chi connectivity index (χ4n) is 5.31. The molecule has 6 heteroatoms. The van der Waals surface area contributed by atoms with Crippen molar-refractivity contribution in [2.24, 2.45) is 0 Å². The molecule has 0 N–H and O–H groups in total. The van der Waals surface area contributed by atoms with E-state index in [1.54, 1.807) is 0 Å². The minimum atomic E-state index is -0.0474. The van der Waals surface area contributed by atoms with E-state index in [1.165, 1.54) is 11.1 Å². The third-order valence-electron chi connectivity index (χ3n) is 7.41. The fraction of sp³-hybridized carbons (Fsp3) is 0.500. The quantitative estimate of drug-likeness (QED) is 0.283. The summed E-state index contributed by atoms with van der Waals surface area (Å²) in [4.78, 5) is 0. The molecule has 4 rings (SSSR count). The highest BCUT2D eigenvalue weighted by molar-refractivity contribution is 5.47. The number of para-hydroxylation sites is 1. The van der Waals surface area contributed by atoms with Crippen LogP contribution < -0.4 is 14.2 Å². The summed E-state index contributed by atoms with van der Waals surface area (Å²) in [6.07, 6.45) is 0.911. The number of rotatable bonds is 7. The van der Waals surface area contributed by atoms with Gasteiger partial charge in [-0.25, -0.2) is 0 Å². The molecule has 0 saturated carbocycles. The molecule has 228 valence electrons. The second kappa shape index (κ2) is 14.9. The van der Waals surface area contributed by atoms with Gasteiger partial charge in [0.25, 0.3) is 0 Å². The lowest BCUT2D eigenvalue weighted by molar-refractivity contribution is 0.0909. The Morgan fingerprint density at radius 2 is 0.905 bits per heavy atom. The van der Waals surface area contributed by atoms with E-state index in [0.717, 1.165) is 57.1 Å². The molecule has 42 heavy (non-hydrogen) atoms. The van der Waals surface area contributed by atoms with Gasteiger partial charge in [0, 0.05) is 33.4 Å². The standard InChI is InChI=1S/C36H48O6/c1-8-25-15-28-21-37-19-26-13-12-14-27(33(26)40-9-2)20-38-23-30-17-32(36(5,6)7)18-31(35(30)42-11-4)24-39-22-29(16-25)34(28)41-10-3/h12-18H,8-11,19-24H2,1-7H3. The average molecular weight is 577 g/mol. The van der Waals surface area contributed by atoms with Crippen LogP contribution in [0.3, 0.4) is 0 Å². The Labute approximate surface area is 252 Å². The second-order valence-electron chi connectivity index (χ2n) is 11.7. The van der Waals surface area contributed by atoms with E-state index in [-0.39, 0.29) is 5.41 Å². The number of ether oxygens (including phenoxy) is 6. The van der Waals surface area contributed by atoms with E-state index >= 15 is 0 Å². The van der Waals surface area contributed by atoms with E-state index in [1.807, 2.05) is 26.8 Å². The van der Waals surface area contributed by atoms with E-state index in [9.17, 15) is 0 Å². The Balaban J connectivity index is 1.83. The van der Waals surface area contributed by atoms with Crippen molar-refractivity contribution >= 4 is 0 Å². The summed E-state index contributed by atoms with van der Waals surface area (Å²) in [6.45, 7) is 19.1. The topological polar surface area (TPSA) is 55.4 Å². The van der Waals surface area contributed by atoms with Gasteiger partial charge in [0.15, 0.2) is 0 Å². The molecule has 0 aromatic heterocycles. The first-order valence-corrected chi connectivity index (χ1v) is 15.3. The maximum absolute atomic E-state index is 6.42. The molecule has 6 nitrogen and oxygen atoms in total. The summed E-state index contributed by atoms with van der Waals surface area (Å²) in [5, 5.41) is 0. The van der Waals surface area contributed by atoms with Crippen LogP contribution in [0.15, 0.2) is 42.5 Å². The predicted octanol–water partition coefficient (Wildman–Crippen LogP) is 8.21. The smallest absolute Gasteiger partial charge is 0.130 e. The summed E-state index contributed by atoms with van der Waals surface area (Å²) in [6, 6.07) is 15.0. The first-order valence-electron chi connectivity index (χ1n) is 15.3. The fourth-order valence-corrected chi connectivity index (χ4v) is 5.31. The van der Waals surface area contributed by atoms with Crippen molar-refractivity contribution in [3.8, 4) is 17.2 Å². The van der Waals surface area contributed by atoms with Gasteiger partial charge < -0.3 is 28.4 Å². The van der Waals surface area contributed by atoms with E-state index in [2.05, 4.69) is 64.1 Å². The molecule has 6 bridgehead atoms. The molecule has 1 aliphatic heterocycles. The molecular weight excluding hydrogens is 528 g/mol. The van der Waals surface area contributed by atoms with Gasteiger partial charge in [-0.2, -0.15) is 0 Å². The third-order valence-corrected chi connectivity index (χ3v) is 7.41. The molecule has 0 unspecified atom stereocenters. The van der Waals surface area contributed by atoms with Crippen molar-refractivity contribution in [1.29, 1.82) is 0 Å². The van der Waals surface area contributed by atoms with Crippen LogP contribution in [0.5, 0.6) is 17.2 Å². The maximum Gasteiger partial charge on any atom is 0.130 e. The Bertz CT molecular complexity index is 1320. The van der Waals surface area contributed by atoms with Crippen LogP contribution in [0.4, 0.5) is 0 Å². The van der Waals surface area contributed by atoms with Gasteiger partial charge in [-0.05, 0) is 68.0 Å². The van der Waals surface area contributed by atoms with Crippen molar-refractivity contribution in [2.75, 3.05) is 19.8 Å². The molecule has 3 aromatic carbocycles. The first kappa shape index (κ1) is 31.9. The minimum Gasteiger partial charge on any atom is -0.493 e. The molecule has 0 atom stereocenters. The highest BCUT2D eigenvalue weighted by Crippen LogP contribution is 2.35. The third kappa shape index (κ3) is 7.85. The second-order valence-corrected chi connectivity index (χ2v) is 11.7. The summed E-state index contributed by atoms with van der Waals surface area (Å²) in [5.74, 6) is 2.51. The predicted molar refractivity (Wildman–Crippen MR) is 166 cm³/mol. The van der Waals surface area contributed by atoms with Gasteiger partial charge in [-0.3, -0.25) is 0 Å². The summed E-state index contributed by atoms with van der Waals surface area (Å²) < 4.78 is 37.6. The minimum absolute atomic E-state index is 0.0474. The Morgan fingerprint density at radius 1 is 0.548 bits per heavy atom. The molecule has 3 aromatic rings. The summed E-state index contributed by atoms with van der Waals surface area (Å²) in [5.41, 5.74) is 8.50. The average Bonchev–Trinajstić information content (AvgIpc) is 2.96. The number of hydrogen-bond donors (Lipinski definition) is 0. The van der Waals surface area contributed by atoms with Gasteiger partial charge in [-0.1, -0.05) is 45.9 Å². The molecule has 0 aliphatic carbocycles. The maximum atomic E-state index is 6.42. The first-order chi connectivity index (χ1) is 20.3. The zero-order chi connectivity index (χ0) is 30.1. The van der Waals surface area contributed by atoms with Crippen molar-refractivity contribution < 1.29 is 28.4 Å². The lowest BCUT2D eigenvalue weighted by Gasteiger charge is -2.24. The molecule has 0 saturated heterocycles. The van der Waals surface area contributed by atoms with Gasteiger partial charge >= 0.3 is 0 Å². The van der Waals surface area contributed by atoms with Gasteiger partial charge in [-0.15, -0.1) is 0 Å². The molecule has 0 spiro atoms. The van der Waals surface area contributed by atoms with Crippen LogP contribution >= 0.6 is 0 Å². The van der Waals surface area contributed by atoms with E-state index in [4.69, 9.17) is 28.4 Å². The normalized spacial score (nSPS) is 14.5. The van der Waals surface area contributed by atoms with Crippen LogP contribution in [0, 0.1) is 0 Å². The summed E-state index contributed by atoms with van der Waals surface area (Å²) in [7, 11) is 0. The lowest BCUT2D eigenvalue weighted by Crippen LogP contribution is -2.14. The molecule has 0 radical (unpaired) electrons. The zero-order valence-electron chi connectivity index (χ0n) is 26.6. The van der Waals surface area contributed by atoms with E-state index in [0.29, 0.717) is 59.5 Å². The van der Waals surface area contributed by atoms with Crippen molar-refractivity contribution in [3.05, 3.63) is 87.0 Å². The van der Waals surface area contributed by atoms with Gasteiger partial charge in [0.2, 0.25) is 0 Å². The number of fused-ring (bicyclic) bond motifs is 6. The van der Waals surface area contributed by atoms with E-state index < -0.39 is 0 Å². The summed E-state index contributed by atoms with van der Waals surface area (Å²) >= 11 is 0. The number of aryl methyl sites for hydroxylation is 1. The highest BCUT2D eigenvalue weighted by Gasteiger charge is 2.21. The van der Waals surface area contributed by atoms with Crippen LogP contribution in [0.1, 0.15) is 93.0 Å². The number of hydrogen-bond acceptors (Lipinski definition) is 6. The van der Waals surface area contributed by atoms with Crippen molar-refractivity contribution in [2.45, 2.75) is 99.9 Å². The Hall–Kier alpha value is -3.06. The molecule has 1 aliphatic rings. The Kier molecular flexibility index (Phi) is 11.3. The van der Waals surface area contributed by atoms with Gasteiger partial charge in [0.1, 0.15) is 17.2 Å². The van der Waals surface area contributed by atoms with Gasteiger partial charge in [0.05, 0.1) is 59.5 Å². The molecular formula is C36H48O6. The number of benzene rings is 3. The monoisotopic (exact) mass is 576 g/mol. The van der Waals surface area contributed by atoms with Crippen molar-refractivity contribution in [1.82, 2.24) is 0 Å². The zero-order valence-corrected chi connectivity index (χ0v) is 26.6. The van der Waals surface area contributed by atoms with Crippen LogP contribution in [-0.4, -0.2) is 19.8 Å². The lowest BCUT2D eigenvalue weighted by atomic mass is 9.84. The Morgan fingerprint density at radius 3 is 1.26 bits per heavy atom. The SMILES string of the molecule is CCOc1c2cccc1COCc1cc(C(C)(C)C)cc(c1OCC)COCc1cc(CC)cc(c1OCC)COC2. The van der Waals surface area contributed by atoms with Crippen molar-refractivity contribution in [3.63, 3.8) is 0 Å².